The van der Waals surface area contributed by atoms with E-state index in [0.717, 1.165) is 24.2 Å². The molecule has 30 heavy (non-hydrogen) atoms. The zero-order valence-corrected chi connectivity index (χ0v) is 17.5. The fourth-order valence-electron chi connectivity index (χ4n) is 3.41. The highest BCUT2D eigenvalue weighted by Crippen LogP contribution is 2.22. The van der Waals surface area contributed by atoms with E-state index in [-0.39, 0.29) is 21.8 Å². The summed E-state index contributed by atoms with van der Waals surface area (Å²) in [5.41, 5.74) is 0.541. The van der Waals surface area contributed by atoms with Crippen molar-refractivity contribution in [3.63, 3.8) is 0 Å². The van der Waals surface area contributed by atoms with Gasteiger partial charge in [-0.05, 0) is 49.2 Å². The third kappa shape index (κ3) is 3.69. The third-order valence-corrected chi connectivity index (χ3v) is 7.86. The Balaban J connectivity index is 1.69. The molecule has 154 valence electrons. The summed E-state index contributed by atoms with van der Waals surface area (Å²) in [5.74, 6) is 1.46. The molecule has 4 rings (SSSR count). The number of amides is 1. The van der Waals surface area contributed by atoms with E-state index in [1.54, 1.807) is 12.1 Å². The summed E-state index contributed by atoms with van der Waals surface area (Å²) in [6.07, 6.45) is 7.10. The fourth-order valence-corrected chi connectivity index (χ4v) is 5.97. The van der Waals surface area contributed by atoms with E-state index in [2.05, 4.69) is 10.9 Å². The minimum absolute atomic E-state index is 0.0695. The summed E-state index contributed by atoms with van der Waals surface area (Å²) in [4.78, 5) is 17.2. The van der Waals surface area contributed by atoms with Crippen LogP contribution in [-0.2, 0) is 16.6 Å². The van der Waals surface area contributed by atoms with Crippen LogP contribution in [0.1, 0.15) is 23.2 Å². The summed E-state index contributed by atoms with van der Waals surface area (Å²) in [5, 5.41) is 0. The van der Waals surface area contributed by atoms with E-state index >= 15 is 0 Å². The number of nitrogens with zero attached hydrogens (tertiary/aromatic N) is 3. The summed E-state index contributed by atoms with van der Waals surface area (Å²) in [6, 6.07) is 10.3. The Morgan fingerprint density at radius 2 is 1.87 bits per heavy atom. The largest absolute Gasteiger partial charge is 0.302 e. The van der Waals surface area contributed by atoms with Gasteiger partial charge in [0.15, 0.2) is 4.80 Å². The summed E-state index contributed by atoms with van der Waals surface area (Å²) >= 11 is 1.16. The maximum atomic E-state index is 14.3. The zero-order chi connectivity index (χ0) is 21.3. The van der Waals surface area contributed by atoms with Crippen molar-refractivity contribution in [1.29, 1.82) is 0 Å². The summed E-state index contributed by atoms with van der Waals surface area (Å²) in [6.45, 7) is 1.09. The summed E-state index contributed by atoms with van der Waals surface area (Å²) in [7, 11) is -3.55. The van der Waals surface area contributed by atoms with Crippen LogP contribution in [0.3, 0.4) is 0 Å². The molecule has 0 radical (unpaired) electrons. The van der Waals surface area contributed by atoms with Gasteiger partial charge in [0.1, 0.15) is 5.82 Å². The van der Waals surface area contributed by atoms with Crippen LogP contribution in [0.5, 0.6) is 0 Å². The van der Waals surface area contributed by atoms with Crippen LogP contribution in [0.2, 0.25) is 0 Å². The molecule has 0 spiro atoms. The van der Waals surface area contributed by atoms with Crippen molar-refractivity contribution in [3.8, 4) is 12.3 Å². The molecular formula is C21H18FN3O3S2. The molecule has 2 heterocycles. The van der Waals surface area contributed by atoms with Gasteiger partial charge < -0.3 is 4.57 Å². The van der Waals surface area contributed by atoms with Gasteiger partial charge >= 0.3 is 0 Å². The number of hydrogen-bond donors (Lipinski definition) is 0. The molecule has 1 aromatic heterocycles. The number of halogens is 1. The number of benzene rings is 2. The van der Waals surface area contributed by atoms with E-state index in [4.69, 9.17) is 6.42 Å². The molecular weight excluding hydrogens is 425 g/mol. The van der Waals surface area contributed by atoms with Crippen LogP contribution >= 0.6 is 11.3 Å². The number of sulfonamides is 1. The van der Waals surface area contributed by atoms with Crippen LogP contribution in [0.4, 0.5) is 4.39 Å². The predicted molar refractivity (Wildman–Crippen MR) is 113 cm³/mol. The number of carbonyl (C=O) groups is 1. The van der Waals surface area contributed by atoms with Gasteiger partial charge in [-0.1, -0.05) is 23.3 Å². The summed E-state index contributed by atoms with van der Waals surface area (Å²) < 4.78 is 43.1. The molecule has 0 bridgehead atoms. The van der Waals surface area contributed by atoms with Crippen molar-refractivity contribution in [2.45, 2.75) is 24.3 Å². The average molecular weight is 444 g/mol. The van der Waals surface area contributed by atoms with Crippen LogP contribution in [0, 0.1) is 18.2 Å². The van der Waals surface area contributed by atoms with Crippen molar-refractivity contribution < 1.29 is 17.6 Å². The van der Waals surface area contributed by atoms with Gasteiger partial charge in [0.25, 0.3) is 5.91 Å². The molecule has 1 amide bonds. The lowest BCUT2D eigenvalue weighted by Gasteiger charge is -2.15. The Labute approximate surface area is 177 Å². The quantitative estimate of drug-likeness (QED) is 0.582. The van der Waals surface area contributed by atoms with Gasteiger partial charge in [0.2, 0.25) is 10.0 Å². The molecule has 0 saturated carbocycles. The zero-order valence-electron chi connectivity index (χ0n) is 15.9. The SMILES string of the molecule is C#CCn1c(=NC(=O)c2ccc(S(=O)(=O)N3CCCC3)cc2)sc2cccc(F)c21. The molecule has 1 aliphatic rings. The van der Waals surface area contributed by atoms with Crippen molar-refractivity contribution >= 4 is 37.5 Å². The van der Waals surface area contributed by atoms with E-state index in [1.807, 2.05) is 0 Å². The molecule has 0 unspecified atom stereocenters. The number of rotatable bonds is 4. The number of fused-ring (bicyclic) bond motifs is 1. The fraction of sp³-hybridized carbons (Fsp3) is 0.238. The van der Waals surface area contributed by atoms with Crippen molar-refractivity contribution in [2.75, 3.05) is 13.1 Å². The van der Waals surface area contributed by atoms with Gasteiger partial charge in [-0.25, -0.2) is 12.8 Å². The Morgan fingerprint density at radius 1 is 1.17 bits per heavy atom. The van der Waals surface area contributed by atoms with Gasteiger partial charge in [-0.15, -0.1) is 6.42 Å². The highest BCUT2D eigenvalue weighted by molar-refractivity contribution is 7.89. The van der Waals surface area contributed by atoms with Crippen molar-refractivity contribution in [1.82, 2.24) is 8.87 Å². The lowest BCUT2D eigenvalue weighted by Crippen LogP contribution is -2.27. The smallest absolute Gasteiger partial charge is 0.279 e. The standard InChI is InChI=1S/C21H18FN3O3S2/c1-2-12-25-19-17(22)6-5-7-18(19)29-21(25)23-20(26)15-8-10-16(11-9-15)30(27,28)24-13-3-4-14-24/h1,5-11H,3-4,12-14H2. The first kappa shape index (κ1) is 20.5. The van der Waals surface area contributed by atoms with Crippen LogP contribution < -0.4 is 4.80 Å². The molecule has 0 N–H and O–H groups in total. The highest BCUT2D eigenvalue weighted by Gasteiger charge is 2.27. The minimum atomic E-state index is -3.55. The van der Waals surface area contributed by atoms with Crippen LogP contribution in [0.15, 0.2) is 52.4 Å². The monoisotopic (exact) mass is 443 g/mol. The highest BCUT2D eigenvalue weighted by atomic mass is 32.2. The molecule has 0 atom stereocenters. The molecule has 0 aliphatic carbocycles. The topological polar surface area (TPSA) is 71.7 Å². The first-order valence-electron chi connectivity index (χ1n) is 9.32. The molecule has 1 saturated heterocycles. The molecule has 2 aromatic carbocycles. The Bertz CT molecular complexity index is 1330. The van der Waals surface area contributed by atoms with Crippen molar-refractivity contribution in [2.24, 2.45) is 4.99 Å². The average Bonchev–Trinajstić information content (AvgIpc) is 3.38. The molecule has 1 fully saturated rings. The number of thiazole rings is 1. The molecule has 6 nitrogen and oxygen atoms in total. The maximum Gasteiger partial charge on any atom is 0.279 e. The molecule has 3 aromatic rings. The minimum Gasteiger partial charge on any atom is -0.302 e. The van der Waals surface area contributed by atoms with Crippen molar-refractivity contribution in [3.05, 3.63) is 58.6 Å². The predicted octanol–water partition coefficient (Wildman–Crippen LogP) is 3.00. The number of carbonyl (C=O) groups excluding carboxylic acids is 1. The first-order chi connectivity index (χ1) is 14.4. The molecule has 9 heteroatoms. The van der Waals surface area contributed by atoms with E-state index in [0.29, 0.717) is 23.3 Å². The second kappa shape index (κ2) is 8.14. The maximum absolute atomic E-state index is 14.3. The van der Waals surface area contributed by atoms with E-state index < -0.39 is 21.7 Å². The van der Waals surface area contributed by atoms with Gasteiger partial charge in [0.05, 0.1) is 21.7 Å². The normalized spacial score (nSPS) is 15.5. The Hall–Kier alpha value is -2.80. The number of hydrogen-bond acceptors (Lipinski definition) is 4. The number of terminal acetylenes is 1. The van der Waals surface area contributed by atoms with Gasteiger partial charge in [-0.3, -0.25) is 4.79 Å². The lowest BCUT2D eigenvalue weighted by atomic mass is 10.2. The second-order valence-corrected chi connectivity index (χ2v) is 9.76. The van der Waals surface area contributed by atoms with Crippen LogP contribution in [0.25, 0.3) is 10.2 Å². The second-order valence-electron chi connectivity index (χ2n) is 6.81. The first-order valence-corrected chi connectivity index (χ1v) is 11.6. The van der Waals surface area contributed by atoms with Gasteiger partial charge in [0, 0.05) is 18.7 Å². The third-order valence-electron chi connectivity index (χ3n) is 4.90. The Kier molecular flexibility index (Phi) is 5.56. The van der Waals surface area contributed by atoms with Gasteiger partial charge in [-0.2, -0.15) is 9.30 Å². The number of para-hydroxylation sites is 1. The van der Waals surface area contributed by atoms with E-state index in [1.165, 1.54) is 39.2 Å². The van der Waals surface area contributed by atoms with E-state index in [9.17, 15) is 17.6 Å². The molecule has 1 aliphatic heterocycles. The Morgan fingerprint density at radius 3 is 2.53 bits per heavy atom. The van der Waals surface area contributed by atoms with Crippen LogP contribution in [-0.4, -0.2) is 36.3 Å². The number of aromatic nitrogens is 1. The lowest BCUT2D eigenvalue weighted by molar-refractivity contribution is 0.0997.